The molecule has 1 aromatic rings. The lowest BCUT2D eigenvalue weighted by Gasteiger charge is -2.08. The number of ether oxygens (including phenoxy) is 2. The topological polar surface area (TPSA) is 40.5 Å². The van der Waals surface area contributed by atoms with E-state index in [-0.39, 0.29) is 12.4 Å². The molecule has 1 unspecified atom stereocenters. The van der Waals surface area contributed by atoms with Crippen LogP contribution in [0.3, 0.4) is 0 Å². The van der Waals surface area contributed by atoms with E-state index in [1.165, 1.54) is 0 Å². The lowest BCUT2D eigenvalue weighted by atomic mass is 10.1. The quantitative estimate of drug-likeness (QED) is 0.750. The second-order valence-electron chi connectivity index (χ2n) is 5.01. The molecule has 0 aromatic carbocycles. The first-order valence-corrected chi connectivity index (χ1v) is 6.41. The zero-order valence-corrected chi connectivity index (χ0v) is 11.4. The summed E-state index contributed by atoms with van der Waals surface area (Å²) in [4.78, 5) is 12.0. The second-order valence-corrected chi connectivity index (χ2v) is 5.01. The van der Waals surface area contributed by atoms with Crippen LogP contribution in [0.25, 0.3) is 0 Å². The summed E-state index contributed by atoms with van der Waals surface area (Å²) in [6, 6.07) is 1.93. The highest BCUT2D eigenvalue weighted by atomic mass is 16.5. The largest absolute Gasteiger partial charge is 0.381 e. The van der Waals surface area contributed by atoms with E-state index >= 15 is 0 Å². The summed E-state index contributed by atoms with van der Waals surface area (Å²) in [6.45, 7) is 6.33. The van der Waals surface area contributed by atoms with Gasteiger partial charge < -0.3 is 14.0 Å². The van der Waals surface area contributed by atoms with Crippen molar-refractivity contribution in [2.45, 2.75) is 20.3 Å². The minimum Gasteiger partial charge on any atom is -0.381 e. The molecule has 1 aliphatic heterocycles. The summed E-state index contributed by atoms with van der Waals surface area (Å²) < 4.78 is 12.8. The van der Waals surface area contributed by atoms with Gasteiger partial charge in [-0.05, 0) is 26.3 Å². The molecule has 4 nitrogen and oxygen atoms in total. The Morgan fingerprint density at radius 3 is 2.89 bits per heavy atom. The zero-order chi connectivity index (χ0) is 13.1. The molecule has 0 saturated carbocycles. The van der Waals surface area contributed by atoms with Crippen LogP contribution in [0.2, 0.25) is 0 Å². The van der Waals surface area contributed by atoms with Gasteiger partial charge in [-0.25, -0.2) is 0 Å². The van der Waals surface area contributed by atoms with Gasteiger partial charge >= 0.3 is 0 Å². The van der Waals surface area contributed by atoms with Crippen molar-refractivity contribution in [3.63, 3.8) is 0 Å². The van der Waals surface area contributed by atoms with Crippen molar-refractivity contribution in [1.29, 1.82) is 0 Å². The third kappa shape index (κ3) is 2.82. The SMILES string of the molecule is Cc1cc(C(=O)COCC2CCOC2)c(C)n1C. The second kappa shape index (κ2) is 5.67. The molecule has 4 heteroatoms. The first kappa shape index (κ1) is 13.3. The molecule has 1 aromatic heterocycles. The maximum absolute atomic E-state index is 12.0. The van der Waals surface area contributed by atoms with E-state index in [0.717, 1.165) is 36.6 Å². The van der Waals surface area contributed by atoms with Gasteiger partial charge in [0.25, 0.3) is 0 Å². The Kier molecular flexibility index (Phi) is 4.19. The Morgan fingerprint density at radius 2 is 2.33 bits per heavy atom. The van der Waals surface area contributed by atoms with Crippen LogP contribution in [-0.2, 0) is 16.5 Å². The van der Waals surface area contributed by atoms with Gasteiger partial charge in [0.1, 0.15) is 6.61 Å². The van der Waals surface area contributed by atoms with E-state index < -0.39 is 0 Å². The molecule has 0 radical (unpaired) electrons. The monoisotopic (exact) mass is 251 g/mol. The predicted octanol–water partition coefficient (Wildman–Crippen LogP) is 1.88. The van der Waals surface area contributed by atoms with Gasteiger partial charge in [0.05, 0.1) is 13.2 Å². The fourth-order valence-corrected chi connectivity index (χ4v) is 2.25. The highest BCUT2D eigenvalue weighted by Crippen LogP contribution is 2.15. The van der Waals surface area contributed by atoms with Gasteiger partial charge in [0, 0.05) is 36.5 Å². The molecule has 0 spiro atoms. The van der Waals surface area contributed by atoms with Gasteiger partial charge in [-0.1, -0.05) is 0 Å². The lowest BCUT2D eigenvalue weighted by molar-refractivity contribution is 0.0651. The number of ketones is 1. The summed E-state index contributed by atoms with van der Waals surface area (Å²) in [5.41, 5.74) is 2.88. The van der Waals surface area contributed by atoms with Gasteiger partial charge in [-0.2, -0.15) is 0 Å². The molecule has 1 saturated heterocycles. The Hall–Kier alpha value is -1.13. The number of carbonyl (C=O) groups is 1. The van der Waals surface area contributed by atoms with E-state index in [4.69, 9.17) is 9.47 Å². The predicted molar refractivity (Wildman–Crippen MR) is 69.0 cm³/mol. The molecule has 0 aliphatic carbocycles. The molecule has 2 heterocycles. The molecule has 1 atom stereocenters. The summed E-state index contributed by atoms with van der Waals surface area (Å²) in [5, 5.41) is 0. The average molecular weight is 251 g/mol. The molecule has 2 rings (SSSR count). The van der Waals surface area contributed by atoms with Crippen LogP contribution >= 0.6 is 0 Å². The summed E-state index contributed by atoms with van der Waals surface area (Å²) in [5.74, 6) is 0.520. The molecular weight excluding hydrogens is 230 g/mol. The van der Waals surface area contributed by atoms with Crippen LogP contribution in [0.4, 0.5) is 0 Å². The van der Waals surface area contributed by atoms with Crippen molar-refractivity contribution in [2.24, 2.45) is 13.0 Å². The molecule has 100 valence electrons. The average Bonchev–Trinajstić information content (AvgIpc) is 2.94. The van der Waals surface area contributed by atoms with Gasteiger partial charge in [-0.15, -0.1) is 0 Å². The number of carbonyl (C=O) groups excluding carboxylic acids is 1. The molecule has 0 amide bonds. The smallest absolute Gasteiger partial charge is 0.190 e. The number of hydrogen-bond acceptors (Lipinski definition) is 3. The van der Waals surface area contributed by atoms with Crippen LogP contribution in [-0.4, -0.2) is 36.8 Å². The Bertz CT molecular complexity index is 430. The maximum atomic E-state index is 12.0. The molecular formula is C14H21NO3. The first-order valence-electron chi connectivity index (χ1n) is 6.41. The summed E-state index contributed by atoms with van der Waals surface area (Å²) in [7, 11) is 1.97. The standard InChI is InChI=1S/C14H21NO3/c1-10-6-13(11(2)15(10)3)14(16)9-18-8-12-4-5-17-7-12/h6,12H,4-5,7-9H2,1-3H3. The first-order chi connectivity index (χ1) is 8.59. The van der Waals surface area contributed by atoms with E-state index in [1.807, 2.05) is 31.5 Å². The van der Waals surface area contributed by atoms with Gasteiger partial charge in [-0.3, -0.25) is 4.79 Å². The lowest BCUT2D eigenvalue weighted by Crippen LogP contribution is -2.15. The maximum Gasteiger partial charge on any atom is 0.190 e. The minimum atomic E-state index is 0.0649. The Labute approximate surface area is 108 Å². The van der Waals surface area contributed by atoms with Gasteiger partial charge in [0.2, 0.25) is 0 Å². The van der Waals surface area contributed by atoms with E-state index in [0.29, 0.717) is 12.5 Å². The molecule has 0 N–H and O–H groups in total. The number of Topliss-reactive ketones (excluding diaryl/α,β-unsaturated/α-hetero) is 1. The minimum absolute atomic E-state index is 0.0649. The molecule has 1 fully saturated rings. The van der Waals surface area contributed by atoms with Crippen molar-refractivity contribution in [3.8, 4) is 0 Å². The number of hydrogen-bond donors (Lipinski definition) is 0. The third-order valence-electron chi connectivity index (χ3n) is 3.69. The third-order valence-corrected chi connectivity index (χ3v) is 3.69. The van der Waals surface area contributed by atoms with Crippen LogP contribution in [0.5, 0.6) is 0 Å². The van der Waals surface area contributed by atoms with Crippen molar-refractivity contribution < 1.29 is 14.3 Å². The summed E-state index contributed by atoms with van der Waals surface area (Å²) in [6.07, 6.45) is 1.04. The molecule has 1 aliphatic rings. The van der Waals surface area contributed by atoms with Crippen molar-refractivity contribution in [1.82, 2.24) is 4.57 Å². The Balaban J connectivity index is 1.85. The summed E-state index contributed by atoms with van der Waals surface area (Å²) >= 11 is 0. The van der Waals surface area contributed by atoms with Crippen LogP contribution in [0.15, 0.2) is 6.07 Å². The van der Waals surface area contributed by atoms with Crippen molar-refractivity contribution in [2.75, 3.05) is 26.4 Å². The van der Waals surface area contributed by atoms with Crippen LogP contribution in [0.1, 0.15) is 28.2 Å². The normalized spacial score (nSPS) is 19.4. The number of aryl methyl sites for hydroxylation is 1. The van der Waals surface area contributed by atoms with Crippen molar-refractivity contribution >= 4 is 5.78 Å². The fourth-order valence-electron chi connectivity index (χ4n) is 2.25. The van der Waals surface area contributed by atoms with E-state index in [9.17, 15) is 4.79 Å². The molecule has 18 heavy (non-hydrogen) atoms. The van der Waals surface area contributed by atoms with E-state index in [2.05, 4.69) is 0 Å². The van der Waals surface area contributed by atoms with Crippen molar-refractivity contribution in [3.05, 3.63) is 23.0 Å². The van der Waals surface area contributed by atoms with E-state index in [1.54, 1.807) is 0 Å². The van der Waals surface area contributed by atoms with Gasteiger partial charge in [0.15, 0.2) is 5.78 Å². The van der Waals surface area contributed by atoms with Crippen LogP contribution < -0.4 is 0 Å². The highest BCUT2D eigenvalue weighted by molar-refractivity contribution is 5.98. The number of nitrogens with zero attached hydrogens (tertiary/aromatic N) is 1. The number of rotatable bonds is 5. The Morgan fingerprint density at radius 1 is 1.56 bits per heavy atom. The van der Waals surface area contributed by atoms with Crippen LogP contribution in [0, 0.1) is 19.8 Å². The highest BCUT2D eigenvalue weighted by Gasteiger charge is 2.18. The molecule has 0 bridgehead atoms. The number of aromatic nitrogens is 1. The zero-order valence-electron chi connectivity index (χ0n) is 11.4. The fraction of sp³-hybridized carbons (Fsp3) is 0.643.